The molecule has 0 bridgehead atoms. The molecule has 3 nitrogen and oxygen atoms in total. The lowest BCUT2D eigenvalue weighted by atomic mass is 10.3. The van der Waals surface area contributed by atoms with Gasteiger partial charge < -0.3 is 5.32 Å². The topological polar surface area (TPSA) is 42.0 Å². The predicted molar refractivity (Wildman–Crippen MR) is 50.9 cm³/mol. The molecule has 68 valence electrons. The van der Waals surface area contributed by atoms with Gasteiger partial charge in [-0.2, -0.15) is 0 Å². The van der Waals surface area contributed by atoms with Crippen molar-refractivity contribution in [1.29, 1.82) is 0 Å². The summed E-state index contributed by atoms with van der Waals surface area (Å²) in [5.41, 5.74) is 1.05. The van der Waals surface area contributed by atoms with Gasteiger partial charge in [-0.3, -0.25) is 9.78 Å². The third kappa shape index (κ3) is 3.51. The zero-order valence-electron chi connectivity index (χ0n) is 7.53. The van der Waals surface area contributed by atoms with E-state index in [1.165, 1.54) is 6.08 Å². The van der Waals surface area contributed by atoms with Crippen molar-refractivity contribution in [3.8, 4) is 0 Å². The number of hydrogen-bond acceptors (Lipinski definition) is 2. The van der Waals surface area contributed by atoms with Gasteiger partial charge in [0.15, 0.2) is 0 Å². The van der Waals surface area contributed by atoms with Crippen LogP contribution in [-0.2, 0) is 11.3 Å². The van der Waals surface area contributed by atoms with Crippen LogP contribution in [0.15, 0.2) is 36.7 Å². The van der Waals surface area contributed by atoms with Crippen LogP contribution in [0.3, 0.4) is 0 Å². The number of rotatable bonds is 3. The Labute approximate surface area is 77.5 Å². The fourth-order valence-corrected chi connectivity index (χ4v) is 0.900. The molecule has 0 saturated heterocycles. The molecule has 1 N–H and O–H groups in total. The second-order valence-corrected chi connectivity index (χ2v) is 2.57. The van der Waals surface area contributed by atoms with Gasteiger partial charge >= 0.3 is 0 Å². The molecule has 0 atom stereocenters. The second-order valence-electron chi connectivity index (χ2n) is 2.57. The van der Waals surface area contributed by atoms with Gasteiger partial charge in [0.25, 0.3) is 0 Å². The normalized spacial score (nSPS) is 10.2. The number of hydrogen-bond donors (Lipinski definition) is 1. The van der Waals surface area contributed by atoms with Crippen LogP contribution in [-0.4, -0.2) is 10.9 Å². The maximum Gasteiger partial charge on any atom is 0.243 e. The van der Waals surface area contributed by atoms with Crippen molar-refractivity contribution in [1.82, 2.24) is 10.3 Å². The summed E-state index contributed by atoms with van der Waals surface area (Å²) in [5.74, 6) is -0.0701. The summed E-state index contributed by atoms with van der Waals surface area (Å²) in [4.78, 5) is 14.9. The van der Waals surface area contributed by atoms with Gasteiger partial charge in [-0.15, -0.1) is 0 Å². The summed E-state index contributed by atoms with van der Waals surface area (Å²) in [6, 6.07) is 3.74. The van der Waals surface area contributed by atoms with Gasteiger partial charge in [0.1, 0.15) is 0 Å². The van der Waals surface area contributed by atoms with E-state index in [4.69, 9.17) is 0 Å². The van der Waals surface area contributed by atoms with Crippen molar-refractivity contribution in [2.24, 2.45) is 0 Å². The van der Waals surface area contributed by atoms with Crippen molar-refractivity contribution < 1.29 is 4.79 Å². The van der Waals surface area contributed by atoms with Gasteiger partial charge in [0.2, 0.25) is 5.91 Å². The molecule has 3 heteroatoms. The minimum atomic E-state index is -0.0701. The van der Waals surface area contributed by atoms with Crippen molar-refractivity contribution in [3.63, 3.8) is 0 Å². The minimum absolute atomic E-state index is 0.0701. The molecule has 0 aliphatic rings. The van der Waals surface area contributed by atoms with Gasteiger partial charge in [0.05, 0.1) is 0 Å². The van der Waals surface area contributed by atoms with E-state index in [9.17, 15) is 4.79 Å². The van der Waals surface area contributed by atoms with Crippen LogP contribution in [0.1, 0.15) is 12.5 Å². The van der Waals surface area contributed by atoms with Gasteiger partial charge in [0, 0.05) is 18.9 Å². The Bertz CT molecular complexity index is 293. The van der Waals surface area contributed by atoms with Crippen LogP contribution in [0.5, 0.6) is 0 Å². The summed E-state index contributed by atoms with van der Waals surface area (Å²) < 4.78 is 0. The Kier molecular flexibility index (Phi) is 3.70. The molecule has 13 heavy (non-hydrogen) atoms. The van der Waals surface area contributed by atoms with Gasteiger partial charge in [-0.05, 0) is 30.7 Å². The number of allylic oxidation sites excluding steroid dienone is 1. The van der Waals surface area contributed by atoms with Crippen molar-refractivity contribution in [3.05, 3.63) is 42.2 Å². The zero-order valence-corrected chi connectivity index (χ0v) is 7.53. The first-order chi connectivity index (χ1) is 6.33. The van der Waals surface area contributed by atoms with Crippen molar-refractivity contribution in [2.75, 3.05) is 0 Å². The van der Waals surface area contributed by atoms with Crippen LogP contribution in [0.25, 0.3) is 0 Å². The summed E-state index contributed by atoms with van der Waals surface area (Å²) in [7, 11) is 0. The van der Waals surface area contributed by atoms with E-state index in [-0.39, 0.29) is 5.91 Å². The van der Waals surface area contributed by atoms with E-state index in [0.717, 1.165) is 5.56 Å². The lowest BCUT2D eigenvalue weighted by molar-refractivity contribution is -0.116. The summed E-state index contributed by atoms with van der Waals surface area (Å²) in [5, 5.41) is 2.75. The lowest BCUT2D eigenvalue weighted by Crippen LogP contribution is -2.20. The summed E-state index contributed by atoms with van der Waals surface area (Å²) in [6.07, 6.45) is 6.62. The largest absolute Gasteiger partial charge is 0.348 e. The molecule has 0 fully saturated rings. The highest BCUT2D eigenvalue weighted by molar-refractivity contribution is 5.87. The second kappa shape index (κ2) is 5.09. The third-order valence-corrected chi connectivity index (χ3v) is 1.53. The van der Waals surface area contributed by atoms with E-state index >= 15 is 0 Å². The maximum absolute atomic E-state index is 11.0. The summed E-state index contributed by atoms with van der Waals surface area (Å²) in [6.45, 7) is 2.36. The number of nitrogens with zero attached hydrogens (tertiary/aromatic N) is 1. The van der Waals surface area contributed by atoms with Crippen LogP contribution in [0.2, 0.25) is 0 Å². The Morgan fingerprint density at radius 3 is 2.85 bits per heavy atom. The van der Waals surface area contributed by atoms with E-state index < -0.39 is 0 Å². The number of nitrogens with one attached hydrogen (secondary N) is 1. The average Bonchev–Trinajstić information content (AvgIpc) is 2.17. The van der Waals surface area contributed by atoms with Gasteiger partial charge in [-0.1, -0.05) is 6.08 Å². The molecule has 1 heterocycles. The molecule has 1 aromatic rings. The van der Waals surface area contributed by atoms with Crippen LogP contribution in [0, 0.1) is 0 Å². The number of aromatic nitrogens is 1. The van der Waals surface area contributed by atoms with Crippen molar-refractivity contribution >= 4 is 5.91 Å². The Balaban J connectivity index is 2.40. The first-order valence-electron chi connectivity index (χ1n) is 4.12. The molecule has 0 aromatic carbocycles. The fraction of sp³-hybridized carbons (Fsp3) is 0.200. The zero-order chi connectivity index (χ0) is 9.52. The molecule has 1 rings (SSSR count). The third-order valence-electron chi connectivity index (χ3n) is 1.53. The molecule has 1 aromatic heterocycles. The Morgan fingerprint density at radius 1 is 1.54 bits per heavy atom. The molecule has 0 aliphatic heterocycles. The molecule has 0 unspecified atom stereocenters. The molecular formula is C10H12N2O. The van der Waals surface area contributed by atoms with Crippen LogP contribution >= 0.6 is 0 Å². The number of carbonyl (C=O) groups excluding carboxylic acids is 1. The monoisotopic (exact) mass is 176 g/mol. The van der Waals surface area contributed by atoms with Crippen LogP contribution < -0.4 is 5.32 Å². The average molecular weight is 176 g/mol. The van der Waals surface area contributed by atoms with Crippen LogP contribution in [0.4, 0.5) is 0 Å². The molecule has 0 saturated carbocycles. The van der Waals surface area contributed by atoms with Crippen molar-refractivity contribution in [2.45, 2.75) is 13.5 Å². The maximum atomic E-state index is 11.0. The highest BCUT2D eigenvalue weighted by Crippen LogP contribution is 1.94. The number of amides is 1. The standard InChI is InChI=1S/C10H12N2O/c1-2-3-10(13)12-8-9-4-6-11-7-5-9/h2-7H,8H2,1H3,(H,12,13). The predicted octanol–water partition coefficient (Wildman–Crippen LogP) is 1.27. The fourth-order valence-electron chi connectivity index (χ4n) is 0.900. The SMILES string of the molecule is CC=CC(=O)NCc1ccncc1. The molecule has 0 aliphatic carbocycles. The van der Waals surface area contributed by atoms with E-state index in [1.807, 2.05) is 19.1 Å². The first-order valence-corrected chi connectivity index (χ1v) is 4.12. The van der Waals surface area contributed by atoms with E-state index in [0.29, 0.717) is 6.54 Å². The quantitative estimate of drug-likeness (QED) is 0.705. The van der Waals surface area contributed by atoms with E-state index in [2.05, 4.69) is 10.3 Å². The smallest absolute Gasteiger partial charge is 0.243 e. The molecule has 1 amide bonds. The highest BCUT2D eigenvalue weighted by atomic mass is 16.1. The number of pyridine rings is 1. The highest BCUT2D eigenvalue weighted by Gasteiger charge is 1.94. The van der Waals surface area contributed by atoms with Gasteiger partial charge in [-0.25, -0.2) is 0 Å². The summed E-state index contributed by atoms with van der Waals surface area (Å²) >= 11 is 0. The Hall–Kier alpha value is -1.64. The first kappa shape index (κ1) is 9.45. The minimum Gasteiger partial charge on any atom is -0.348 e. The number of carbonyl (C=O) groups is 1. The van der Waals surface area contributed by atoms with E-state index in [1.54, 1.807) is 18.5 Å². The Morgan fingerprint density at radius 2 is 2.23 bits per heavy atom. The molecule has 0 radical (unpaired) electrons. The molecular weight excluding hydrogens is 164 g/mol. The molecule has 0 spiro atoms. The lowest BCUT2D eigenvalue weighted by Gasteiger charge is -2.00.